The highest BCUT2D eigenvalue weighted by Crippen LogP contribution is 2.37. The van der Waals surface area contributed by atoms with Crippen LogP contribution in [0.1, 0.15) is 15.9 Å². The van der Waals surface area contributed by atoms with Crippen molar-refractivity contribution >= 4 is 6.29 Å². The zero-order valence-corrected chi connectivity index (χ0v) is 10.7. The summed E-state index contributed by atoms with van der Waals surface area (Å²) in [6.07, 6.45) is -3.24. The fourth-order valence-electron chi connectivity index (χ4n) is 1.92. The molecule has 1 heterocycles. The lowest BCUT2D eigenvalue weighted by Crippen LogP contribution is -2.09. The fourth-order valence-corrected chi connectivity index (χ4v) is 1.92. The third kappa shape index (κ3) is 2.72. The van der Waals surface area contributed by atoms with Crippen LogP contribution >= 0.6 is 0 Å². The number of pyridine rings is 1. The zero-order valence-electron chi connectivity index (χ0n) is 10.7. The molecule has 110 valence electrons. The largest absolute Gasteiger partial charge is 0.480 e. The van der Waals surface area contributed by atoms with Crippen molar-refractivity contribution in [3.63, 3.8) is 0 Å². The highest BCUT2D eigenvalue weighted by Gasteiger charge is 2.35. The third-order valence-electron chi connectivity index (χ3n) is 2.86. The Morgan fingerprint density at radius 1 is 1.19 bits per heavy atom. The van der Waals surface area contributed by atoms with Gasteiger partial charge in [-0.1, -0.05) is 12.1 Å². The van der Waals surface area contributed by atoms with Gasteiger partial charge in [0.15, 0.2) is 6.29 Å². The molecule has 1 aromatic carbocycles. The smallest absolute Gasteiger partial charge is 0.419 e. The molecule has 3 nitrogen and oxygen atoms in total. The van der Waals surface area contributed by atoms with E-state index in [1.807, 2.05) is 0 Å². The van der Waals surface area contributed by atoms with Crippen LogP contribution in [0, 0.1) is 5.82 Å². The number of rotatable bonds is 3. The minimum absolute atomic E-state index is 0.0135. The van der Waals surface area contributed by atoms with E-state index >= 15 is 0 Å². The third-order valence-corrected chi connectivity index (χ3v) is 2.86. The van der Waals surface area contributed by atoms with Gasteiger partial charge in [0, 0.05) is 17.3 Å². The molecule has 0 bridgehead atoms. The Balaban J connectivity index is 2.72. The maximum atomic E-state index is 14.1. The van der Waals surface area contributed by atoms with Crippen LogP contribution in [-0.4, -0.2) is 18.4 Å². The predicted molar refractivity (Wildman–Crippen MR) is 66.6 cm³/mol. The average Bonchev–Trinajstić information content (AvgIpc) is 2.45. The Bertz CT molecular complexity index is 683. The summed E-state index contributed by atoms with van der Waals surface area (Å²) in [5, 5.41) is 0. The van der Waals surface area contributed by atoms with Gasteiger partial charge < -0.3 is 4.74 Å². The standard InChI is InChI=1S/C14H9F4NO2/c1-21-13-10(7-20)8(5-6-19-13)9-3-2-4-11(12(9)15)14(16,17)18/h2-7H,1H3. The van der Waals surface area contributed by atoms with Gasteiger partial charge in [0.2, 0.25) is 5.88 Å². The first kappa shape index (κ1) is 15.0. The van der Waals surface area contributed by atoms with Crippen molar-refractivity contribution < 1.29 is 27.1 Å². The molecule has 2 rings (SSSR count). The van der Waals surface area contributed by atoms with E-state index in [0.29, 0.717) is 12.4 Å². The van der Waals surface area contributed by atoms with E-state index in [1.165, 1.54) is 19.4 Å². The number of ether oxygens (including phenoxy) is 1. The van der Waals surface area contributed by atoms with E-state index in [-0.39, 0.29) is 22.6 Å². The number of aromatic nitrogens is 1. The first-order chi connectivity index (χ1) is 9.90. The van der Waals surface area contributed by atoms with Gasteiger partial charge in [-0.25, -0.2) is 9.37 Å². The molecule has 2 aromatic rings. The summed E-state index contributed by atoms with van der Waals surface area (Å²) in [5.41, 5.74) is -1.86. The normalized spacial score (nSPS) is 11.3. The van der Waals surface area contributed by atoms with Crippen LogP contribution in [0.4, 0.5) is 17.6 Å². The average molecular weight is 299 g/mol. The fraction of sp³-hybridized carbons (Fsp3) is 0.143. The Labute approximate surface area is 117 Å². The van der Waals surface area contributed by atoms with Crippen LogP contribution in [0.2, 0.25) is 0 Å². The molecule has 0 saturated carbocycles. The molecule has 0 radical (unpaired) electrons. The van der Waals surface area contributed by atoms with Gasteiger partial charge in [-0.2, -0.15) is 13.2 Å². The summed E-state index contributed by atoms with van der Waals surface area (Å²) in [7, 11) is 1.25. The van der Waals surface area contributed by atoms with Gasteiger partial charge in [-0.15, -0.1) is 0 Å². The molecule has 0 atom stereocenters. The molecule has 0 spiro atoms. The number of nitrogens with zero attached hydrogens (tertiary/aromatic N) is 1. The van der Waals surface area contributed by atoms with E-state index < -0.39 is 17.6 Å². The predicted octanol–water partition coefficient (Wildman–Crippen LogP) is 3.73. The lowest BCUT2D eigenvalue weighted by atomic mass is 9.99. The zero-order chi connectivity index (χ0) is 15.6. The molecular formula is C14H9F4NO2. The number of benzene rings is 1. The summed E-state index contributed by atoms with van der Waals surface area (Å²) in [6.45, 7) is 0. The van der Waals surface area contributed by atoms with E-state index in [9.17, 15) is 22.4 Å². The number of methoxy groups -OCH3 is 1. The summed E-state index contributed by atoms with van der Waals surface area (Å²) in [6, 6.07) is 4.12. The van der Waals surface area contributed by atoms with Crippen molar-refractivity contribution in [3.05, 3.63) is 47.4 Å². The Hall–Kier alpha value is -2.44. The van der Waals surface area contributed by atoms with E-state index in [1.54, 1.807) is 0 Å². The Morgan fingerprint density at radius 3 is 2.48 bits per heavy atom. The number of hydrogen-bond acceptors (Lipinski definition) is 3. The van der Waals surface area contributed by atoms with Crippen LogP contribution < -0.4 is 4.74 Å². The maximum Gasteiger partial charge on any atom is 0.419 e. The molecule has 0 unspecified atom stereocenters. The first-order valence-electron chi connectivity index (χ1n) is 5.74. The SMILES string of the molecule is COc1nccc(-c2cccc(C(F)(F)F)c2F)c1C=O. The van der Waals surface area contributed by atoms with Gasteiger partial charge in [-0.3, -0.25) is 4.79 Å². The lowest BCUT2D eigenvalue weighted by Gasteiger charge is -2.13. The van der Waals surface area contributed by atoms with Gasteiger partial charge in [0.05, 0.1) is 18.2 Å². The number of carbonyl (C=O) groups excluding carboxylic acids is 1. The molecule has 1 aromatic heterocycles. The van der Waals surface area contributed by atoms with Crippen LogP contribution in [0.5, 0.6) is 5.88 Å². The summed E-state index contributed by atoms with van der Waals surface area (Å²) in [5.74, 6) is -1.53. The number of alkyl halides is 3. The Kier molecular flexibility index (Phi) is 3.93. The second kappa shape index (κ2) is 5.51. The maximum absolute atomic E-state index is 14.1. The highest BCUT2D eigenvalue weighted by molar-refractivity contribution is 5.90. The van der Waals surface area contributed by atoms with Crippen LogP contribution in [0.15, 0.2) is 30.5 Å². The minimum Gasteiger partial charge on any atom is -0.480 e. The van der Waals surface area contributed by atoms with Gasteiger partial charge in [-0.05, 0) is 12.1 Å². The monoisotopic (exact) mass is 299 g/mol. The van der Waals surface area contributed by atoms with Gasteiger partial charge in [0.1, 0.15) is 5.82 Å². The molecule has 0 fully saturated rings. The molecule has 0 N–H and O–H groups in total. The van der Waals surface area contributed by atoms with Crippen molar-refractivity contribution in [3.8, 4) is 17.0 Å². The van der Waals surface area contributed by atoms with Crippen molar-refractivity contribution in [2.24, 2.45) is 0 Å². The number of aldehydes is 1. The van der Waals surface area contributed by atoms with E-state index in [0.717, 1.165) is 12.1 Å². The topological polar surface area (TPSA) is 39.2 Å². The van der Waals surface area contributed by atoms with Gasteiger partial charge >= 0.3 is 6.18 Å². The van der Waals surface area contributed by atoms with Crippen LogP contribution in [-0.2, 0) is 6.18 Å². The van der Waals surface area contributed by atoms with Crippen molar-refractivity contribution in [2.75, 3.05) is 7.11 Å². The summed E-state index contributed by atoms with van der Waals surface area (Å²) >= 11 is 0. The Morgan fingerprint density at radius 2 is 1.90 bits per heavy atom. The van der Waals surface area contributed by atoms with Crippen LogP contribution in [0.25, 0.3) is 11.1 Å². The first-order valence-corrected chi connectivity index (χ1v) is 5.74. The molecule has 0 aliphatic heterocycles. The molecular weight excluding hydrogens is 290 g/mol. The molecule has 0 aliphatic carbocycles. The number of hydrogen-bond donors (Lipinski definition) is 0. The quantitative estimate of drug-likeness (QED) is 0.640. The number of carbonyl (C=O) groups is 1. The van der Waals surface area contributed by atoms with Gasteiger partial charge in [0.25, 0.3) is 0 Å². The van der Waals surface area contributed by atoms with Crippen molar-refractivity contribution in [2.45, 2.75) is 6.18 Å². The molecule has 0 saturated heterocycles. The molecule has 7 heteroatoms. The van der Waals surface area contributed by atoms with Crippen molar-refractivity contribution in [1.29, 1.82) is 0 Å². The number of halogens is 4. The summed E-state index contributed by atoms with van der Waals surface area (Å²) in [4.78, 5) is 14.9. The second-order valence-corrected chi connectivity index (χ2v) is 4.06. The minimum atomic E-state index is -4.82. The van der Waals surface area contributed by atoms with Crippen LogP contribution in [0.3, 0.4) is 0 Å². The second-order valence-electron chi connectivity index (χ2n) is 4.06. The molecule has 0 aliphatic rings. The highest BCUT2D eigenvalue weighted by atomic mass is 19.4. The summed E-state index contributed by atoms with van der Waals surface area (Å²) < 4.78 is 57.1. The van der Waals surface area contributed by atoms with E-state index in [4.69, 9.17) is 4.74 Å². The molecule has 21 heavy (non-hydrogen) atoms. The lowest BCUT2D eigenvalue weighted by molar-refractivity contribution is -0.139. The molecule has 0 amide bonds. The van der Waals surface area contributed by atoms with E-state index in [2.05, 4.69) is 4.98 Å². The van der Waals surface area contributed by atoms with Crippen molar-refractivity contribution in [1.82, 2.24) is 4.98 Å².